The van der Waals surface area contributed by atoms with Gasteiger partial charge in [-0.15, -0.1) is 12.4 Å². The van der Waals surface area contributed by atoms with Crippen molar-refractivity contribution in [2.45, 2.75) is 31.2 Å². The van der Waals surface area contributed by atoms with E-state index in [0.29, 0.717) is 6.42 Å². The zero-order chi connectivity index (χ0) is 6.91. The van der Waals surface area contributed by atoms with Crippen LogP contribution in [0.1, 0.15) is 19.3 Å². The lowest BCUT2D eigenvalue weighted by Crippen LogP contribution is -2.23. The van der Waals surface area contributed by atoms with Crippen LogP contribution in [0.5, 0.6) is 0 Å². The van der Waals surface area contributed by atoms with Crippen molar-refractivity contribution in [3.8, 4) is 0 Å². The van der Waals surface area contributed by atoms with Crippen LogP contribution in [-0.4, -0.2) is 19.0 Å². The van der Waals surface area contributed by atoms with E-state index >= 15 is 0 Å². The Hall–Kier alpha value is 0.110. The van der Waals surface area contributed by atoms with Crippen molar-refractivity contribution in [1.29, 1.82) is 0 Å². The summed E-state index contributed by atoms with van der Waals surface area (Å²) in [6.45, 7) is 0. The van der Waals surface area contributed by atoms with Crippen LogP contribution >= 0.6 is 12.4 Å². The molecule has 0 spiro atoms. The van der Waals surface area contributed by atoms with Crippen molar-refractivity contribution in [3.05, 3.63) is 0 Å². The summed E-state index contributed by atoms with van der Waals surface area (Å²) < 4.78 is 24.7. The molecule has 1 fully saturated rings. The Bertz CT molecular complexity index is 108. The van der Waals surface area contributed by atoms with E-state index in [2.05, 4.69) is 5.32 Å². The van der Waals surface area contributed by atoms with Gasteiger partial charge >= 0.3 is 0 Å². The van der Waals surface area contributed by atoms with Crippen molar-refractivity contribution in [2.75, 3.05) is 7.05 Å². The van der Waals surface area contributed by atoms with Gasteiger partial charge in [-0.05, 0) is 13.5 Å². The highest BCUT2D eigenvalue weighted by atomic mass is 35.5. The number of halogens is 3. The lowest BCUT2D eigenvalue weighted by atomic mass is 10.2. The van der Waals surface area contributed by atoms with Gasteiger partial charge < -0.3 is 5.32 Å². The monoisotopic (exact) mass is 171 g/mol. The summed E-state index contributed by atoms with van der Waals surface area (Å²) in [6, 6.07) is 0.0417. The zero-order valence-corrected chi connectivity index (χ0v) is 6.68. The number of hydrogen-bond acceptors (Lipinski definition) is 1. The second-order valence-corrected chi connectivity index (χ2v) is 2.58. The van der Waals surface area contributed by atoms with E-state index in [-0.39, 0.29) is 31.3 Å². The van der Waals surface area contributed by atoms with Gasteiger partial charge in [0.25, 0.3) is 0 Å². The maximum absolute atomic E-state index is 12.3. The Kier molecular flexibility index (Phi) is 3.52. The molecule has 62 valence electrons. The molecule has 0 aromatic heterocycles. The van der Waals surface area contributed by atoms with Crippen molar-refractivity contribution >= 4 is 12.4 Å². The topological polar surface area (TPSA) is 12.0 Å². The van der Waals surface area contributed by atoms with Crippen LogP contribution in [0.15, 0.2) is 0 Å². The fourth-order valence-corrected chi connectivity index (χ4v) is 1.20. The van der Waals surface area contributed by atoms with Gasteiger partial charge in [0.15, 0.2) is 0 Å². The van der Waals surface area contributed by atoms with Crippen molar-refractivity contribution < 1.29 is 8.78 Å². The van der Waals surface area contributed by atoms with Gasteiger partial charge in [-0.2, -0.15) is 0 Å². The van der Waals surface area contributed by atoms with Crippen LogP contribution in [0.25, 0.3) is 0 Å². The molecule has 0 aliphatic heterocycles. The van der Waals surface area contributed by atoms with Crippen LogP contribution in [0, 0.1) is 0 Å². The van der Waals surface area contributed by atoms with Crippen LogP contribution < -0.4 is 5.32 Å². The van der Waals surface area contributed by atoms with Crippen molar-refractivity contribution in [1.82, 2.24) is 5.32 Å². The van der Waals surface area contributed by atoms with E-state index in [0.717, 1.165) is 0 Å². The van der Waals surface area contributed by atoms with E-state index in [1.54, 1.807) is 7.05 Å². The predicted octanol–water partition coefficient (Wildman–Crippen LogP) is 1.82. The SMILES string of the molecule is CNC1CCC(F)(F)C1.Cl. The molecular weight excluding hydrogens is 160 g/mol. The number of alkyl halides is 2. The van der Waals surface area contributed by atoms with Crippen molar-refractivity contribution in [3.63, 3.8) is 0 Å². The molecule has 1 aliphatic carbocycles. The molecule has 1 saturated carbocycles. The summed E-state index contributed by atoms with van der Waals surface area (Å²) in [5.74, 6) is -2.40. The molecule has 1 nitrogen and oxygen atoms in total. The Morgan fingerprint density at radius 3 is 2.30 bits per heavy atom. The first-order valence-corrected chi connectivity index (χ1v) is 3.19. The fraction of sp³-hybridized carbons (Fsp3) is 1.00. The second-order valence-electron chi connectivity index (χ2n) is 2.58. The molecule has 1 aliphatic rings. The third-order valence-electron chi connectivity index (χ3n) is 1.81. The van der Waals surface area contributed by atoms with Gasteiger partial charge in [0.2, 0.25) is 5.92 Å². The lowest BCUT2D eigenvalue weighted by Gasteiger charge is -2.07. The summed E-state index contributed by atoms with van der Waals surface area (Å²) >= 11 is 0. The summed E-state index contributed by atoms with van der Waals surface area (Å²) in [4.78, 5) is 0. The molecular formula is C6H12ClF2N. The molecule has 4 heteroatoms. The summed E-state index contributed by atoms with van der Waals surface area (Å²) in [5, 5.41) is 2.84. The number of rotatable bonds is 1. The molecule has 10 heavy (non-hydrogen) atoms. The minimum Gasteiger partial charge on any atom is -0.317 e. The van der Waals surface area contributed by atoms with Gasteiger partial charge in [-0.25, -0.2) is 8.78 Å². The van der Waals surface area contributed by atoms with Gasteiger partial charge in [-0.3, -0.25) is 0 Å². The molecule has 1 atom stereocenters. The van der Waals surface area contributed by atoms with Crippen LogP contribution in [-0.2, 0) is 0 Å². The van der Waals surface area contributed by atoms with E-state index < -0.39 is 5.92 Å². The smallest absolute Gasteiger partial charge is 0.249 e. The largest absolute Gasteiger partial charge is 0.317 e. The van der Waals surface area contributed by atoms with Crippen LogP contribution in [0.3, 0.4) is 0 Å². The van der Waals surface area contributed by atoms with Gasteiger partial charge in [0.05, 0.1) is 0 Å². The van der Waals surface area contributed by atoms with Crippen LogP contribution in [0.4, 0.5) is 8.78 Å². The van der Waals surface area contributed by atoms with E-state index in [1.165, 1.54) is 0 Å². The minimum absolute atomic E-state index is 0. The van der Waals surface area contributed by atoms with Crippen molar-refractivity contribution in [2.24, 2.45) is 0 Å². The molecule has 1 unspecified atom stereocenters. The third kappa shape index (κ3) is 2.39. The molecule has 0 saturated heterocycles. The standard InChI is InChI=1S/C6H11F2N.ClH/c1-9-5-2-3-6(7,8)4-5;/h5,9H,2-4H2,1H3;1H. The maximum atomic E-state index is 12.3. The average Bonchev–Trinajstić information content (AvgIpc) is 2.10. The molecule has 0 amide bonds. The molecule has 0 aromatic carbocycles. The quantitative estimate of drug-likeness (QED) is 0.635. The third-order valence-corrected chi connectivity index (χ3v) is 1.81. The van der Waals surface area contributed by atoms with E-state index in [4.69, 9.17) is 0 Å². The Morgan fingerprint density at radius 1 is 1.50 bits per heavy atom. The fourth-order valence-electron chi connectivity index (χ4n) is 1.20. The molecule has 0 aromatic rings. The van der Waals surface area contributed by atoms with E-state index in [1.807, 2.05) is 0 Å². The average molecular weight is 172 g/mol. The first-order valence-electron chi connectivity index (χ1n) is 3.19. The normalized spacial score (nSPS) is 29.7. The minimum atomic E-state index is -2.40. The number of hydrogen-bond donors (Lipinski definition) is 1. The van der Waals surface area contributed by atoms with Gasteiger partial charge in [0, 0.05) is 18.9 Å². The highest BCUT2D eigenvalue weighted by Crippen LogP contribution is 2.34. The highest BCUT2D eigenvalue weighted by Gasteiger charge is 2.38. The van der Waals surface area contributed by atoms with E-state index in [9.17, 15) is 8.78 Å². The molecule has 1 N–H and O–H groups in total. The highest BCUT2D eigenvalue weighted by molar-refractivity contribution is 5.85. The number of nitrogens with one attached hydrogen (secondary N) is 1. The molecule has 0 bridgehead atoms. The summed E-state index contributed by atoms with van der Waals surface area (Å²) in [5.41, 5.74) is 0. The second kappa shape index (κ2) is 3.49. The molecule has 1 rings (SSSR count). The van der Waals surface area contributed by atoms with Gasteiger partial charge in [0.1, 0.15) is 0 Å². The zero-order valence-electron chi connectivity index (χ0n) is 5.86. The molecule has 0 radical (unpaired) electrons. The predicted molar refractivity (Wildman–Crippen MR) is 38.9 cm³/mol. The molecule has 0 heterocycles. The van der Waals surface area contributed by atoms with Crippen LogP contribution in [0.2, 0.25) is 0 Å². The summed E-state index contributed by atoms with van der Waals surface area (Å²) in [7, 11) is 1.73. The summed E-state index contributed by atoms with van der Waals surface area (Å²) in [6.07, 6.45) is 0.686. The Labute approximate surface area is 65.6 Å². The maximum Gasteiger partial charge on any atom is 0.249 e. The Morgan fingerprint density at radius 2 is 2.10 bits per heavy atom. The van der Waals surface area contributed by atoms with Gasteiger partial charge in [-0.1, -0.05) is 0 Å². The lowest BCUT2D eigenvalue weighted by molar-refractivity contribution is 0.00715. The Balaban J connectivity index is 0.000000810. The first-order chi connectivity index (χ1) is 4.14. The first kappa shape index (κ1) is 10.1.